The van der Waals surface area contributed by atoms with Gasteiger partial charge in [-0.2, -0.15) is 0 Å². The molecule has 2 N–H and O–H groups in total. The van der Waals surface area contributed by atoms with Crippen molar-refractivity contribution in [1.82, 2.24) is 4.72 Å². The number of aliphatic hydroxyl groups is 1. The summed E-state index contributed by atoms with van der Waals surface area (Å²) in [5.74, 6) is -0.0615. The Labute approximate surface area is 168 Å². The summed E-state index contributed by atoms with van der Waals surface area (Å²) in [5, 5.41) is 10.5. The largest absolute Gasteiger partial charge is 0.485 e. The topological polar surface area (TPSA) is 111 Å². The van der Waals surface area contributed by atoms with E-state index in [2.05, 4.69) is 9.46 Å². The number of fused-ring (bicyclic) bond motifs is 3. The van der Waals surface area contributed by atoms with Crippen LogP contribution >= 0.6 is 0 Å². The van der Waals surface area contributed by atoms with Crippen LogP contribution in [0.1, 0.15) is 17.9 Å². The van der Waals surface area contributed by atoms with E-state index >= 15 is 0 Å². The van der Waals surface area contributed by atoms with Crippen LogP contribution < -0.4 is 14.2 Å². The number of carbonyl (C=O) groups is 1. The van der Waals surface area contributed by atoms with E-state index < -0.39 is 34.2 Å². The number of hydrogen-bond acceptors (Lipinski definition) is 7. The first-order valence-electron chi connectivity index (χ1n) is 9.15. The van der Waals surface area contributed by atoms with Gasteiger partial charge >= 0.3 is 5.97 Å². The van der Waals surface area contributed by atoms with Crippen LogP contribution in [0.4, 0.5) is 0 Å². The molecule has 2 aromatic carbocycles. The number of ether oxygens (including phenoxy) is 3. The lowest BCUT2D eigenvalue weighted by atomic mass is 9.94. The third kappa shape index (κ3) is 3.68. The van der Waals surface area contributed by atoms with Gasteiger partial charge in [0.2, 0.25) is 10.0 Å². The van der Waals surface area contributed by atoms with Crippen molar-refractivity contribution in [3.63, 3.8) is 0 Å². The van der Waals surface area contributed by atoms with E-state index in [0.29, 0.717) is 11.5 Å². The minimum Gasteiger partial charge on any atom is -0.485 e. The van der Waals surface area contributed by atoms with Crippen molar-refractivity contribution in [3.8, 4) is 11.5 Å². The zero-order chi connectivity index (χ0) is 20.6. The van der Waals surface area contributed by atoms with Gasteiger partial charge in [0.1, 0.15) is 6.10 Å². The van der Waals surface area contributed by atoms with E-state index in [-0.39, 0.29) is 23.8 Å². The molecule has 1 saturated carbocycles. The number of esters is 1. The number of carbonyl (C=O) groups excluding carboxylic acids is 1. The second kappa shape index (κ2) is 7.66. The van der Waals surface area contributed by atoms with Gasteiger partial charge in [-0.1, -0.05) is 30.3 Å². The zero-order valence-corrected chi connectivity index (χ0v) is 16.5. The molecule has 0 radical (unpaired) electrons. The SMILES string of the molecule is COC(=O)COc1cccc2c1OC1CC(O)C(NS(=O)(=O)c3ccccc3)[C@@H]21. The van der Waals surface area contributed by atoms with Crippen LogP contribution in [-0.2, 0) is 19.6 Å². The lowest BCUT2D eigenvalue weighted by molar-refractivity contribution is -0.142. The van der Waals surface area contributed by atoms with Gasteiger partial charge in [0.15, 0.2) is 18.1 Å². The minimum atomic E-state index is -3.81. The Kier molecular flexibility index (Phi) is 5.20. The van der Waals surface area contributed by atoms with Gasteiger partial charge in [0.05, 0.1) is 24.2 Å². The zero-order valence-electron chi connectivity index (χ0n) is 15.6. The Morgan fingerprint density at radius 3 is 2.69 bits per heavy atom. The summed E-state index contributed by atoms with van der Waals surface area (Å²) in [4.78, 5) is 11.5. The van der Waals surface area contributed by atoms with Crippen molar-refractivity contribution >= 4 is 16.0 Å². The molecule has 1 fully saturated rings. The van der Waals surface area contributed by atoms with Gasteiger partial charge in [0, 0.05) is 17.9 Å². The van der Waals surface area contributed by atoms with Crippen molar-refractivity contribution in [2.24, 2.45) is 0 Å². The van der Waals surface area contributed by atoms with Crippen molar-refractivity contribution < 1.29 is 32.5 Å². The van der Waals surface area contributed by atoms with Crippen LogP contribution in [0.5, 0.6) is 11.5 Å². The number of benzene rings is 2. The van der Waals surface area contributed by atoms with Crippen LogP contribution in [-0.4, -0.2) is 51.5 Å². The average Bonchev–Trinajstić information content (AvgIpc) is 3.22. The number of para-hydroxylation sites is 1. The molecule has 0 saturated heterocycles. The average molecular weight is 419 g/mol. The van der Waals surface area contributed by atoms with Crippen LogP contribution in [0.25, 0.3) is 0 Å². The van der Waals surface area contributed by atoms with Gasteiger partial charge in [-0.3, -0.25) is 0 Å². The minimum absolute atomic E-state index is 0.130. The molecule has 1 aliphatic heterocycles. The quantitative estimate of drug-likeness (QED) is 0.677. The molecule has 2 aromatic rings. The molecule has 3 unspecified atom stereocenters. The second-order valence-electron chi connectivity index (χ2n) is 6.98. The monoisotopic (exact) mass is 419 g/mol. The maximum absolute atomic E-state index is 12.8. The molecule has 1 aliphatic carbocycles. The Morgan fingerprint density at radius 2 is 1.97 bits per heavy atom. The third-order valence-corrected chi connectivity index (χ3v) is 6.71. The molecule has 0 spiro atoms. The number of methoxy groups -OCH3 is 1. The van der Waals surface area contributed by atoms with E-state index in [4.69, 9.17) is 9.47 Å². The molecule has 154 valence electrons. The predicted octanol–water partition coefficient (Wildman–Crippen LogP) is 1.19. The van der Waals surface area contributed by atoms with E-state index in [1.807, 2.05) is 6.07 Å². The van der Waals surface area contributed by atoms with Gasteiger partial charge in [-0.25, -0.2) is 17.9 Å². The standard InChI is InChI=1S/C20H21NO7S/c1-26-17(23)11-27-15-9-5-8-13-18-16(28-20(13)15)10-14(22)19(18)21-29(24,25)12-6-3-2-4-7-12/h2-9,14,16,18-19,21-22H,10-11H2,1H3/t14?,16?,18-,19?/m0/s1. The Balaban J connectivity index is 1.61. The summed E-state index contributed by atoms with van der Waals surface area (Å²) in [6.07, 6.45) is -1.01. The molecule has 9 heteroatoms. The Hall–Kier alpha value is -2.62. The molecule has 4 atom stereocenters. The molecule has 8 nitrogen and oxygen atoms in total. The summed E-state index contributed by atoms with van der Waals surface area (Å²) >= 11 is 0. The first kappa shape index (κ1) is 19.7. The highest BCUT2D eigenvalue weighted by Gasteiger charge is 2.51. The summed E-state index contributed by atoms with van der Waals surface area (Å²) in [6, 6.07) is 12.5. The molecule has 0 bridgehead atoms. The highest BCUT2D eigenvalue weighted by Crippen LogP contribution is 2.51. The molecule has 2 aliphatic rings. The number of sulfonamides is 1. The first-order valence-corrected chi connectivity index (χ1v) is 10.6. The Morgan fingerprint density at radius 1 is 1.21 bits per heavy atom. The van der Waals surface area contributed by atoms with Crippen LogP contribution in [0.15, 0.2) is 53.4 Å². The highest BCUT2D eigenvalue weighted by atomic mass is 32.2. The fraction of sp³-hybridized carbons (Fsp3) is 0.350. The summed E-state index contributed by atoms with van der Waals surface area (Å²) < 4.78 is 44.2. The molecule has 4 rings (SSSR count). The summed E-state index contributed by atoms with van der Waals surface area (Å²) in [7, 11) is -2.54. The normalized spacial score (nSPS) is 25.0. The van der Waals surface area contributed by atoms with Crippen molar-refractivity contribution in [3.05, 3.63) is 54.1 Å². The first-order chi connectivity index (χ1) is 13.9. The van der Waals surface area contributed by atoms with Crippen molar-refractivity contribution in [1.29, 1.82) is 0 Å². The number of rotatable bonds is 6. The van der Waals surface area contributed by atoms with Crippen LogP contribution in [0.2, 0.25) is 0 Å². The number of aliphatic hydroxyl groups excluding tert-OH is 1. The van der Waals surface area contributed by atoms with E-state index in [1.165, 1.54) is 19.2 Å². The second-order valence-corrected chi connectivity index (χ2v) is 8.70. The fourth-order valence-corrected chi connectivity index (χ4v) is 5.21. The summed E-state index contributed by atoms with van der Waals surface area (Å²) in [5.41, 5.74) is 0.731. The van der Waals surface area contributed by atoms with E-state index in [9.17, 15) is 18.3 Å². The Bertz CT molecular complexity index is 1010. The van der Waals surface area contributed by atoms with Crippen LogP contribution in [0, 0.1) is 0 Å². The molecule has 0 amide bonds. The van der Waals surface area contributed by atoms with Gasteiger partial charge in [-0.15, -0.1) is 0 Å². The van der Waals surface area contributed by atoms with E-state index in [1.54, 1.807) is 30.3 Å². The van der Waals surface area contributed by atoms with Gasteiger partial charge in [0.25, 0.3) is 0 Å². The third-order valence-electron chi connectivity index (χ3n) is 5.23. The molecule has 0 aromatic heterocycles. The molecule has 29 heavy (non-hydrogen) atoms. The maximum atomic E-state index is 12.8. The van der Waals surface area contributed by atoms with Gasteiger partial charge in [-0.05, 0) is 18.2 Å². The van der Waals surface area contributed by atoms with Crippen molar-refractivity contribution in [2.75, 3.05) is 13.7 Å². The lowest BCUT2D eigenvalue weighted by Gasteiger charge is -2.22. The van der Waals surface area contributed by atoms with Crippen LogP contribution in [0.3, 0.4) is 0 Å². The van der Waals surface area contributed by atoms with Crippen molar-refractivity contribution in [2.45, 2.75) is 35.5 Å². The fourth-order valence-electron chi connectivity index (χ4n) is 3.90. The maximum Gasteiger partial charge on any atom is 0.343 e. The van der Waals surface area contributed by atoms with E-state index in [0.717, 1.165) is 5.56 Å². The highest BCUT2D eigenvalue weighted by molar-refractivity contribution is 7.89. The molecule has 1 heterocycles. The molecular formula is C20H21NO7S. The molecular weight excluding hydrogens is 398 g/mol. The predicted molar refractivity (Wildman–Crippen MR) is 102 cm³/mol. The lowest BCUT2D eigenvalue weighted by Crippen LogP contribution is -2.43. The summed E-state index contributed by atoms with van der Waals surface area (Å²) in [6.45, 7) is -0.266. The smallest absolute Gasteiger partial charge is 0.343 e. The number of nitrogens with one attached hydrogen (secondary N) is 1. The number of hydrogen-bond donors (Lipinski definition) is 2. The van der Waals surface area contributed by atoms with Gasteiger partial charge < -0.3 is 19.3 Å².